The SMILES string of the molecule is O=S(=O)(OCC(Cl)(Cl)Cl)Oc1c(Cl)cc(-c2ccc(Cl)cc2)cc1Cl.O=S(=O)(OCC(Cl)(Cl)Cl)Oc1c(Cl)cc(-c2ccc(Cl)cc2)cc1Cl. The van der Waals surface area contributed by atoms with Crippen LogP contribution in [0.2, 0.25) is 30.1 Å². The van der Waals surface area contributed by atoms with Crippen LogP contribution in [0.5, 0.6) is 11.5 Å². The highest BCUT2D eigenvalue weighted by Crippen LogP contribution is 2.40. The van der Waals surface area contributed by atoms with Gasteiger partial charge >= 0.3 is 20.8 Å². The van der Waals surface area contributed by atoms with E-state index in [1.165, 1.54) is 24.3 Å². The van der Waals surface area contributed by atoms with E-state index < -0.39 is 41.6 Å². The summed E-state index contributed by atoms with van der Waals surface area (Å²) in [6, 6.07) is 19.7. The Kier molecular flexibility index (Phi) is 16.3. The number of alkyl halides is 6. The Morgan fingerprint density at radius 3 is 0.940 bits per heavy atom. The second-order valence-corrected chi connectivity index (χ2v) is 19.3. The molecule has 0 aliphatic heterocycles. The Morgan fingerprint density at radius 1 is 0.440 bits per heavy atom. The zero-order valence-corrected chi connectivity index (χ0v) is 34.7. The molecule has 0 radical (unpaired) electrons. The molecule has 4 aromatic carbocycles. The van der Waals surface area contributed by atoms with E-state index in [4.69, 9.17) is 148 Å². The van der Waals surface area contributed by atoms with Crippen molar-refractivity contribution in [3.8, 4) is 33.8 Å². The van der Waals surface area contributed by atoms with Gasteiger partial charge in [-0.1, -0.05) is 163 Å². The van der Waals surface area contributed by atoms with Crippen LogP contribution in [0.1, 0.15) is 0 Å². The molecule has 0 unspecified atom stereocenters. The molecular weight excluding hydrogens is 954 g/mol. The third-order valence-corrected chi connectivity index (χ3v) is 9.29. The zero-order valence-electron chi connectivity index (χ0n) is 24.0. The summed E-state index contributed by atoms with van der Waals surface area (Å²) < 4.78 is 61.7. The van der Waals surface area contributed by atoms with Gasteiger partial charge in [0.2, 0.25) is 7.59 Å². The summed E-state index contributed by atoms with van der Waals surface area (Å²) in [7, 11) is -9.07. The van der Waals surface area contributed by atoms with E-state index in [1.807, 2.05) is 0 Å². The van der Waals surface area contributed by atoms with Crippen molar-refractivity contribution in [3.05, 3.63) is 103 Å². The highest BCUT2D eigenvalue weighted by Gasteiger charge is 2.28. The predicted molar refractivity (Wildman–Crippen MR) is 205 cm³/mol. The minimum absolute atomic E-state index is 0.0430. The third-order valence-electron chi connectivity index (χ3n) is 5.46. The van der Waals surface area contributed by atoms with Crippen LogP contribution in [-0.2, 0) is 29.2 Å². The van der Waals surface area contributed by atoms with Crippen molar-refractivity contribution in [1.82, 2.24) is 0 Å². The number of hydrogen-bond donors (Lipinski definition) is 0. The first kappa shape index (κ1) is 44.2. The van der Waals surface area contributed by atoms with E-state index in [1.54, 1.807) is 48.5 Å². The largest absolute Gasteiger partial charge is 0.449 e. The van der Waals surface area contributed by atoms with Gasteiger partial charge < -0.3 is 8.37 Å². The smallest absolute Gasteiger partial charge is 0.358 e. The van der Waals surface area contributed by atoms with Crippen LogP contribution in [0.25, 0.3) is 22.3 Å². The monoisotopic (exact) mass is 964 g/mol. The van der Waals surface area contributed by atoms with E-state index in [0.717, 1.165) is 11.1 Å². The van der Waals surface area contributed by atoms with Crippen molar-refractivity contribution in [1.29, 1.82) is 0 Å². The van der Waals surface area contributed by atoms with Gasteiger partial charge in [0, 0.05) is 10.0 Å². The summed E-state index contributed by atoms with van der Waals surface area (Å²) in [4.78, 5) is 0. The van der Waals surface area contributed by atoms with Crippen LogP contribution >= 0.6 is 139 Å². The summed E-state index contributed by atoms with van der Waals surface area (Å²) >= 11 is 68.6. The molecule has 0 atom stereocenters. The Balaban J connectivity index is 0.000000270. The maximum Gasteiger partial charge on any atom is 0.449 e. The van der Waals surface area contributed by atoms with Crippen LogP contribution in [0.3, 0.4) is 0 Å². The molecule has 50 heavy (non-hydrogen) atoms. The molecule has 0 fully saturated rings. The number of benzene rings is 4. The van der Waals surface area contributed by atoms with Crippen molar-refractivity contribution in [2.24, 2.45) is 0 Å². The summed E-state index contributed by atoms with van der Waals surface area (Å²) in [5.41, 5.74) is 2.82. The fourth-order valence-electron chi connectivity index (χ4n) is 3.43. The molecule has 0 N–H and O–H groups in total. The molecule has 0 aliphatic rings. The van der Waals surface area contributed by atoms with Crippen LogP contribution in [0, 0.1) is 0 Å². The molecule has 0 spiro atoms. The number of halogens is 12. The van der Waals surface area contributed by atoms with Crippen molar-refractivity contribution in [2.45, 2.75) is 7.59 Å². The highest BCUT2D eigenvalue weighted by atomic mass is 35.6. The van der Waals surface area contributed by atoms with E-state index in [0.29, 0.717) is 21.2 Å². The maximum atomic E-state index is 11.8. The molecule has 0 aromatic heterocycles. The lowest BCUT2D eigenvalue weighted by atomic mass is 10.1. The molecule has 8 nitrogen and oxygen atoms in total. The van der Waals surface area contributed by atoms with Gasteiger partial charge in [0.15, 0.2) is 11.5 Å². The Bertz CT molecular complexity index is 1820. The third kappa shape index (κ3) is 14.9. The second-order valence-electron chi connectivity index (χ2n) is 9.29. The zero-order chi connectivity index (χ0) is 37.7. The molecular formula is C28H16Cl12O8S2. The van der Waals surface area contributed by atoms with Gasteiger partial charge in [0.1, 0.15) is 13.2 Å². The van der Waals surface area contributed by atoms with E-state index in [-0.39, 0.29) is 31.6 Å². The second kappa shape index (κ2) is 18.4. The average molecular weight is 970 g/mol. The molecule has 0 heterocycles. The topological polar surface area (TPSA) is 105 Å². The van der Waals surface area contributed by atoms with E-state index >= 15 is 0 Å². The molecule has 4 aromatic rings. The molecule has 0 aliphatic carbocycles. The Labute approximate surface area is 347 Å². The minimum Gasteiger partial charge on any atom is -0.358 e. The quantitative estimate of drug-likeness (QED) is 0.145. The molecule has 0 saturated carbocycles. The number of rotatable bonds is 10. The van der Waals surface area contributed by atoms with Crippen molar-refractivity contribution >= 4 is 160 Å². The van der Waals surface area contributed by atoms with Gasteiger partial charge in [-0.15, -0.1) is 0 Å². The summed E-state index contributed by atoms with van der Waals surface area (Å²) in [5, 5.41) is 0.963. The standard InChI is InChI=1S/2C14H8Cl6O4S/c2*15-10-3-1-8(2-4-10)9-5-11(16)13(12(17)6-9)24-25(21,22)23-7-14(18,19)20/h2*1-6H,7H2. The van der Waals surface area contributed by atoms with Crippen molar-refractivity contribution in [3.63, 3.8) is 0 Å². The predicted octanol–water partition coefficient (Wildman–Crippen LogP) is 12.6. The maximum absolute atomic E-state index is 11.8. The van der Waals surface area contributed by atoms with Gasteiger partial charge in [-0.25, -0.2) is 8.37 Å². The minimum atomic E-state index is -4.54. The first-order chi connectivity index (χ1) is 22.9. The molecule has 0 bridgehead atoms. The van der Waals surface area contributed by atoms with Crippen LogP contribution in [-0.4, -0.2) is 37.6 Å². The first-order valence-corrected chi connectivity index (χ1v) is 19.9. The molecule has 0 saturated heterocycles. The van der Waals surface area contributed by atoms with Gasteiger partial charge in [0.05, 0.1) is 20.1 Å². The normalized spacial score (nSPS) is 12.2. The summed E-state index contributed by atoms with van der Waals surface area (Å²) in [5.74, 6) is -0.601. The van der Waals surface area contributed by atoms with E-state index in [9.17, 15) is 16.8 Å². The summed E-state index contributed by atoms with van der Waals surface area (Å²) in [6.45, 7) is -1.48. The van der Waals surface area contributed by atoms with Gasteiger partial charge in [-0.3, -0.25) is 0 Å². The van der Waals surface area contributed by atoms with Gasteiger partial charge in [0.25, 0.3) is 0 Å². The lowest BCUT2D eigenvalue weighted by Gasteiger charge is -2.14. The van der Waals surface area contributed by atoms with E-state index in [2.05, 4.69) is 8.37 Å². The Morgan fingerprint density at radius 2 is 0.700 bits per heavy atom. The molecule has 22 heteroatoms. The van der Waals surface area contributed by atoms with Crippen molar-refractivity contribution < 1.29 is 33.6 Å². The fourth-order valence-corrected chi connectivity index (χ4v) is 7.21. The Hall–Kier alpha value is -0.220. The molecule has 272 valence electrons. The lowest BCUT2D eigenvalue weighted by molar-refractivity contribution is 0.277. The van der Waals surface area contributed by atoms with Crippen LogP contribution in [0.15, 0.2) is 72.8 Å². The molecule has 0 amide bonds. The van der Waals surface area contributed by atoms with Gasteiger partial charge in [-0.2, -0.15) is 16.8 Å². The van der Waals surface area contributed by atoms with Crippen LogP contribution < -0.4 is 8.37 Å². The average Bonchev–Trinajstić information content (AvgIpc) is 2.99. The highest BCUT2D eigenvalue weighted by molar-refractivity contribution is 7.82. The number of hydrogen-bond acceptors (Lipinski definition) is 8. The van der Waals surface area contributed by atoms with Crippen LogP contribution in [0.4, 0.5) is 0 Å². The van der Waals surface area contributed by atoms with Gasteiger partial charge in [-0.05, 0) is 70.8 Å². The fraction of sp³-hybridized carbons (Fsp3) is 0.143. The van der Waals surface area contributed by atoms with Crippen molar-refractivity contribution in [2.75, 3.05) is 13.2 Å². The summed E-state index contributed by atoms with van der Waals surface area (Å²) in [6.07, 6.45) is 0. The first-order valence-electron chi connectivity index (χ1n) is 12.7. The lowest BCUT2D eigenvalue weighted by Crippen LogP contribution is -2.21. The molecule has 4 rings (SSSR count).